The van der Waals surface area contributed by atoms with Crippen LogP contribution in [0, 0.1) is 5.92 Å². The van der Waals surface area contributed by atoms with Crippen LogP contribution < -0.4 is 5.32 Å². The number of alkyl carbamates (subject to hydrolysis) is 1. The maximum absolute atomic E-state index is 13.6. The van der Waals surface area contributed by atoms with E-state index in [2.05, 4.69) is 68.5 Å². The van der Waals surface area contributed by atoms with Gasteiger partial charge in [-0.25, -0.2) is 19.6 Å². The minimum absolute atomic E-state index is 0.0957. The van der Waals surface area contributed by atoms with Crippen LogP contribution in [-0.2, 0) is 14.3 Å². The number of nitrogens with zero attached hydrogens (tertiary/aromatic N) is 4. The number of hydrogen-bond donors (Lipinski definition) is 3. The van der Waals surface area contributed by atoms with Crippen molar-refractivity contribution in [3.8, 4) is 33.5 Å². The third kappa shape index (κ3) is 7.27. The van der Waals surface area contributed by atoms with Crippen molar-refractivity contribution in [2.45, 2.75) is 84.0 Å². The number of ether oxygens (including phenoxy) is 2. The zero-order valence-corrected chi connectivity index (χ0v) is 34.1. The van der Waals surface area contributed by atoms with Crippen LogP contribution in [0.2, 0.25) is 0 Å². The molecule has 0 saturated carbocycles. The molecule has 4 aromatic heterocycles. The number of imidazole rings is 2. The van der Waals surface area contributed by atoms with Gasteiger partial charge in [0.2, 0.25) is 5.91 Å². The quantitative estimate of drug-likeness (QED) is 0.139. The van der Waals surface area contributed by atoms with Gasteiger partial charge in [0, 0.05) is 35.0 Å². The Balaban J connectivity index is 0.982. The van der Waals surface area contributed by atoms with Gasteiger partial charge in [-0.15, -0.1) is 22.7 Å². The third-order valence-corrected chi connectivity index (χ3v) is 12.8. The number of hydrogen-bond acceptors (Lipinski definition) is 9. The van der Waals surface area contributed by atoms with Crippen LogP contribution in [0.15, 0.2) is 59.4 Å². The minimum Gasteiger partial charge on any atom is -0.453 e. The van der Waals surface area contributed by atoms with Crippen molar-refractivity contribution < 1.29 is 23.9 Å². The first-order valence-electron chi connectivity index (χ1n) is 19.2. The summed E-state index contributed by atoms with van der Waals surface area (Å²) in [4.78, 5) is 58.7. The summed E-state index contributed by atoms with van der Waals surface area (Å²) in [7, 11) is 1.30. The highest BCUT2D eigenvalue weighted by atomic mass is 32.1. The highest BCUT2D eigenvalue weighted by molar-refractivity contribution is 7.27. The van der Waals surface area contributed by atoms with Gasteiger partial charge in [0.1, 0.15) is 23.3 Å². The average molecular weight is 794 g/mol. The second-order valence-corrected chi connectivity index (χ2v) is 17.7. The topological polar surface area (TPSA) is 146 Å². The number of carbonyl (C=O) groups excluding carboxylic acids is 3. The Labute approximate surface area is 333 Å². The largest absolute Gasteiger partial charge is 0.453 e. The molecular weight excluding hydrogens is 747 g/mol. The van der Waals surface area contributed by atoms with Crippen LogP contribution in [0.25, 0.3) is 53.9 Å². The molecule has 0 spiro atoms. The fourth-order valence-electron chi connectivity index (χ4n) is 7.84. The molecule has 2 aliphatic rings. The van der Waals surface area contributed by atoms with Gasteiger partial charge in [0.25, 0.3) is 0 Å². The number of fused-ring (bicyclic) bond motifs is 2. The van der Waals surface area contributed by atoms with Gasteiger partial charge in [0.15, 0.2) is 0 Å². The van der Waals surface area contributed by atoms with Gasteiger partial charge in [-0.1, -0.05) is 44.2 Å². The number of nitrogens with one attached hydrogen (secondary N) is 3. The van der Waals surface area contributed by atoms with Crippen LogP contribution in [0.1, 0.15) is 84.0 Å². The second kappa shape index (κ2) is 15.0. The average Bonchev–Trinajstić information content (AvgIpc) is 4.02. The van der Waals surface area contributed by atoms with Crippen molar-refractivity contribution >= 4 is 61.2 Å². The molecule has 292 valence electrons. The highest BCUT2D eigenvalue weighted by Crippen LogP contribution is 2.45. The Morgan fingerprint density at radius 2 is 1.48 bits per heavy atom. The summed E-state index contributed by atoms with van der Waals surface area (Å²) in [6, 6.07) is 13.9. The lowest BCUT2D eigenvalue weighted by Gasteiger charge is -2.30. The predicted molar refractivity (Wildman–Crippen MR) is 221 cm³/mol. The van der Waals surface area contributed by atoms with Gasteiger partial charge in [0.05, 0.1) is 51.5 Å². The molecule has 2 fully saturated rings. The number of carbonyl (C=O) groups is 3. The first-order chi connectivity index (χ1) is 26.9. The van der Waals surface area contributed by atoms with E-state index in [0.29, 0.717) is 13.1 Å². The Kier molecular flexibility index (Phi) is 10.1. The predicted octanol–water partition coefficient (Wildman–Crippen LogP) is 9.68. The van der Waals surface area contributed by atoms with Gasteiger partial charge in [-0.05, 0) is 81.2 Å². The van der Waals surface area contributed by atoms with Crippen molar-refractivity contribution in [2.24, 2.45) is 5.92 Å². The second-order valence-electron chi connectivity index (χ2n) is 15.9. The molecule has 0 aliphatic carbocycles. The molecule has 14 heteroatoms. The molecule has 3 amide bonds. The highest BCUT2D eigenvalue weighted by Gasteiger charge is 2.38. The van der Waals surface area contributed by atoms with E-state index in [-0.39, 0.29) is 30.0 Å². The molecule has 0 radical (unpaired) electrons. The fraction of sp³-hybridized carbons (Fsp3) is 0.405. The zero-order valence-electron chi connectivity index (χ0n) is 32.5. The van der Waals surface area contributed by atoms with E-state index in [1.807, 2.05) is 45.7 Å². The number of amides is 3. The maximum atomic E-state index is 13.6. The first-order valence-corrected chi connectivity index (χ1v) is 20.9. The molecule has 2 aliphatic heterocycles. The normalized spacial score (nSPS) is 18.0. The van der Waals surface area contributed by atoms with Crippen LogP contribution >= 0.6 is 22.7 Å². The number of H-pyrrole nitrogens is 2. The Hall–Kier alpha value is -5.21. The van der Waals surface area contributed by atoms with Crippen LogP contribution in [0.4, 0.5) is 9.59 Å². The number of likely N-dealkylation sites (tertiary alicyclic amines) is 2. The lowest BCUT2D eigenvalue weighted by atomic mass is 10.0. The monoisotopic (exact) mass is 793 g/mol. The summed E-state index contributed by atoms with van der Waals surface area (Å²) in [5, 5.41) is 7.18. The van der Waals surface area contributed by atoms with Crippen molar-refractivity contribution in [1.29, 1.82) is 0 Å². The van der Waals surface area contributed by atoms with E-state index in [4.69, 9.17) is 19.4 Å². The fourth-order valence-corrected chi connectivity index (χ4v) is 10.3. The molecular formula is C42H47N7O5S2. The van der Waals surface area contributed by atoms with Crippen molar-refractivity contribution in [3.05, 3.63) is 71.1 Å². The van der Waals surface area contributed by atoms with E-state index in [1.54, 1.807) is 27.6 Å². The molecule has 12 nitrogen and oxygen atoms in total. The third-order valence-electron chi connectivity index (χ3n) is 10.6. The summed E-state index contributed by atoms with van der Waals surface area (Å²) in [6.45, 7) is 10.8. The van der Waals surface area contributed by atoms with Crippen molar-refractivity contribution in [2.75, 3.05) is 20.2 Å². The summed E-state index contributed by atoms with van der Waals surface area (Å²) in [5.74, 6) is 1.32. The van der Waals surface area contributed by atoms with Crippen molar-refractivity contribution in [1.82, 2.24) is 35.1 Å². The SMILES string of the molecule is COC(=O)NC(C(=O)N1CCCC1c1ncc(-c2ccc(-c3csc4c(-c5ccc6nc(C7CCCN7C(=O)OC(C)(C)C)[nH]c6c5)csc34)cc2)[nH]1)C(C)C. The van der Waals surface area contributed by atoms with Gasteiger partial charge in [-0.2, -0.15) is 0 Å². The lowest BCUT2D eigenvalue weighted by Crippen LogP contribution is -2.51. The zero-order chi connectivity index (χ0) is 39.3. The number of aromatic nitrogens is 4. The van der Waals surface area contributed by atoms with E-state index >= 15 is 0 Å². The number of thiophene rings is 2. The number of methoxy groups -OCH3 is 1. The van der Waals surface area contributed by atoms with E-state index in [0.717, 1.165) is 70.7 Å². The lowest BCUT2D eigenvalue weighted by molar-refractivity contribution is -0.135. The first kappa shape index (κ1) is 37.7. The van der Waals surface area contributed by atoms with Gasteiger partial charge in [-0.3, -0.25) is 9.69 Å². The molecule has 0 bridgehead atoms. The van der Waals surface area contributed by atoms with Crippen LogP contribution in [-0.4, -0.2) is 79.7 Å². The Morgan fingerprint density at radius 3 is 2.14 bits per heavy atom. The molecule has 2 aromatic carbocycles. The molecule has 3 atom stereocenters. The summed E-state index contributed by atoms with van der Waals surface area (Å²) >= 11 is 3.50. The Bertz CT molecular complexity index is 2400. The van der Waals surface area contributed by atoms with Gasteiger partial charge < -0.3 is 29.7 Å². The molecule has 6 aromatic rings. The minimum atomic E-state index is -0.678. The van der Waals surface area contributed by atoms with Crippen LogP contribution in [0.5, 0.6) is 0 Å². The molecule has 6 heterocycles. The number of aromatic amines is 2. The number of benzene rings is 2. The van der Waals surface area contributed by atoms with Gasteiger partial charge >= 0.3 is 12.2 Å². The van der Waals surface area contributed by atoms with Crippen molar-refractivity contribution in [3.63, 3.8) is 0 Å². The smallest absolute Gasteiger partial charge is 0.410 e. The van der Waals surface area contributed by atoms with Crippen LogP contribution in [0.3, 0.4) is 0 Å². The van der Waals surface area contributed by atoms with E-state index in [9.17, 15) is 14.4 Å². The molecule has 3 N–H and O–H groups in total. The van der Waals surface area contributed by atoms with E-state index in [1.165, 1.54) is 27.6 Å². The molecule has 3 unspecified atom stereocenters. The van der Waals surface area contributed by atoms with E-state index < -0.39 is 17.7 Å². The Morgan fingerprint density at radius 1 is 0.857 bits per heavy atom. The summed E-state index contributed by atoms with van der Waals surface area (Å²) in [5.41, 5.74) is 7.82. The summed E-state index contributed by atoms with van der Waals surface area (Å²) < 4.78 is 13.0. The molecule has 2 saturated heterocycles. The maximum Gasteiger partial charge on any atom is 0.410 e. The molecule has 56 heavy (non-hydrogen) atoms. The summed E-state index contributed by atoms with van der Waals surface area (Å²) in [6.07, 6.45) is 4.33. The number of rotatable bonds is 8. The molecule has 8 rings (SSSR count). The standard InChI is InChI=1S/C42H47N7O5S2/c1-23(2)34(47-40(51)53-6)39(50)48-17-7-9-32(48)37-43-20-31(46-37)25-13-11-24(12-14-25)27-21-55-36-28(22-56-35(27)36)26-15-16-29-30(19-26)45-38(44-29)33-10-8-18-49(33)41(52)54-42(3,4)5/h11-16,19-23,32-34H,7-10,17-18H2,1-6H3,(H,43,46)(H,44,45)(H,47,51).